The highest BCUT2D eigenvalue weighted by Gasteiger charge is 2.21. The van der Waals surface area contributed by atoms with Gasteiger partial charge in [0.15, 0.2) is 0 Å². The smallest absolute Gasteiger partial charge is 0.239 e. The van der Waals surface area contributed by atoms with Crippen molar-refractivity contribution in [1.82, 2.24) is 10.6 Å². The van der Waals surface area contributed by atoms with Gasteiger partial charge in [0.1, 0.15) is 0 Å². The Morgan fingerprint density at radius 2 is 1.76 bits per heavy atom. The normalized spacial score (nSPS) is 16.9. The average molecular weight is 367 g/mol. The molecule has 0 saturated heterocycles. The lowest BCUT2D eigenvalue weighted by Crippen LogP contribution is -2.40. The van der Waals surface area contributed by atoms with Crippen LogP contribution in [-0.4, -0.2) is 26.8 Å². The first-order valence-corrected chi connectivity index (χ1v) is 10.0. The van der Waals surface area contributed by atoms with Crippen molar-refractivity contribution in [3.05, 3.63) is 29.8 Å². The SMILES string of the molecule is C[C@@H](NC(=O)CNC(=O)C1CCCCC1)c1ccc(S(N)(=O)=O)cc1. The van der Waals surface area contributed by atoms with Crippen LogP contribution >= 0.6 is 0 Å². The quantitative estimate of drug-likeness (QED) is 0.700. The molecular formula is C17H25N3O4S. The first-order chi connectivity index (χ1) is 11.8. The third-order valence-electron chi connectivity index (χ3n) is 4.49. The molecule has 1 aliphatic rings. The molecular weight excluding hydrogens is 342 g/mol. The largest absolute Gasteiger partial charge is 0.348 e. The third-order valence-corrected chi connectivity index (χ3v) is 5.41. The van der Waals surface area contributed by atoms with Gasteiger partial charge in [0.2, 0.25) is 21.8 Å². The second-order valence-corrected chi connectivity index (χ2v) is 8.02. The fourth-order valence-electron chi connectivity index (χ4n) is 3.00. The van der Waals surface area contributed by atoms with Crippen molar-refractivity contribution >= 4 is 21.8 Å². The zero-order valence-electron chi connectivity index (χ0n) is 14.3. The van der Waals surface area contributed by atoms with E-state index in [1.54, 1.807) is 19.1 Å². The lowest BCUT2D eigenvalue weighted by molar-refractivity contribution is -0.129. The van der Waals surface area contributed by atoms with Crippen molar-refractivity contribution in [3.63, 3.8) is 0 Å². The number of carbonyl (C=O) groups excluding carboxylic acids is 2. The van der Waals surface area contributed by atoms with Crippen molar-refractivity contribution < 1.29 is 18.0 Å². The molecule has 0 bridgehead atoms. The van der Waals surface area contributed by atoms with Gasteiger partial charge in [0.25, 0.3) is 0 Å². The lowest BCUT2D eigenvalue weighted by atomic mass is 9.89. The van der Waals surface area contributed by atoms with Crippen LogP contribution in [0.15, 0.2) is 29.2 Å². The van der Waals surface area contributed by atoms with Gasteiger partial charge in [-0.25, -0.2) is 13.6 Å². The Kier molecular flexibility index (Phi) is 6.55. The van der Waals surface area contributed by atoms with E-state index in [0.29, 0.717) is 0 Å². The molecule has 1 fully saturated rings. The Bertz CT molecular complexity index is 710. The number of sulfonamides is 1. The Morgan fingerprint density at radius 3 is 2.32 bits per heavy atom. The maximum absolute atomic E-state index is 12.0. The van der Waals surface area contributed by atoms with Crippen LogP contribution in [0.4, 0.5) is 0 Å². The molecule has 1 saturated carbocycles. The number of amides is 2. The minimum absolute atomic E-state index is 0.0183. The summed E-state index contributed by atoms with van der Waals surface area (Å²) in [6.07, 6.45) is 5.08. The molecule has 4 N–H and O–H groups in total. The molecule has 0 radical (unpaired) electrons. The number of benzene rings is 1. The predicted octanol–water partition coefficient (Wildman–Crippen LogP) is 1.21. The van der Waals surface area contributed by atoms with Gasteiger partial charge >= 0.3 is 0 Å². The average Bonchev–Trinajstić information content (AvgIpc) is 2.59. The number of nitrogens with two attached hydrogens (primary N) is 1. The van der Waals surface area contributed by atoms with Gasteiger partial charge in [-0.2, -0.15) is 0 Å². The highest BCUT2D eigenvalue weighted by Crippen LogP contribution is 2.23. The molecule has 8 heteroatoms. The topological polar surface area (TPSA) is 118 Å². The third kappa shape index (κ3) is 5.82. The van der Waals surface area contributed by atoms with Crippen LogP contribution < -0.4 is 15.8 Å². The van der Waals surface area contributed by atoms with E-state index in [-0.39, 0.29) is 35.2 Å². The van der Waals surface area contributed by atoms with Gasteiger partial charge in [-0.3, -0.25) is 9.59 Å². The molecule has 2 amide bonds. The van der Waals surface area contributed by atoms with Gasteiger partial charge < -0.3 is 10.6 Å². The molecule has 1 aromatic carbocycles. The number of hydrogen-bond donors (Lipinski definition) is 3. The summed E-state index contributed by atoms with van der Waals surface area (Å²) in [5, 5.41) is 10.5. The summed E-state index contributed by atoms with van der Waals surface area (Å²) in [5.74, 6) is -0.322. The van der Waals surface area contributed by atoms with Crippen LogP contribution in [0, 0.1) is 5.92 Å². The van der Waals surface area contributed by atoms with Crippen molar-refractivity contribution in [2.75, 3.05) is 6.54 Å². The summed E-state index contributed by atoms with van der Waals surface area (Å²) in [7, 11) is -3.73. The zero-order chi connectivity index (χ0) is 18.4. The van der Waals surface area contributed by atoms with E-state index < -0.39 is 10.0 Å². The Morgan fingerprint density at radius 1 is 1.16 bits per heavy atom. The summed E-state index contributed by atoms with van der Waals surface area (Å²) in [5.41, 5.74) is 0.749. The van der Waals surface area contributed by atoms with E-state index in [2.05, 4.69) is 10.6 Å². The van der Waals surface area contributed by atoms with Crippen LogP contribution in [0.25, 0.3) is 0 Å². The molecule has 0 aromatic heterocycles. The molecule has 0 heterocycles. The van der Waals surface area contributed by atoms with Gasteiger partial charge in [-0.1, -0.05) is 31.4 Å². The Balaban J connectivity index is 1.82. The second-order valence-electron chi connectivity index (χ2n) is 6.46. The van der Waals surface area contributed by atoms with E-state index >= 15 is 0 Å². The van der Waals surface area contributed by atoms with E-state index in [0.717, 1.165) is 31.2 Å². The molecule has 0 unspecified atom stereocenters. The van der Waals surface area contributed by atoms with Gasteiger partial charge in [0.05, 0.1) is 17.5 Å². The minimum Gasteiger partial charge on any atom is -0.348 e. The van der Waals surface area contributed by atoms with Crippen molar-refractivity contribution in [2.45, 2.75) is 50.0 Å². The monoisotopic (exact) mass is 367 g/mol. The van der Waals surface area contributed by atoms with Crippen LogP contribution in [-0.2, 0) is 19.6 Å². The standard InChI is InChI=1S/C17H25N3O4S/c1-12(13-7-9-15(10-8-13)25(18,23)24)20-16(21)11-19-17(22)14-5-3-2-4-6-14/h7-10,12,14H,2-6,11H2,1H3,(H,19,22)(H,20,21)(H2,18,23,24)/t12-/m1/s1. The van der Waals surface area contributed by atoms with E-state index in [1.807, 2.05) is 0 Å². The fraction of sp³-hybridized carbons (Fsp3) is 0.529. The summed E-state index contributed by atoms with van der Waals surface area (Å²) >= 11 is 0. The molecule has 25 heavy (non-hydrogen) atoms. The Labute approximate surface area is 148 Å². The van der Waals surface area contributed by atoms with Crippen LogP contribution in [0.3, 0.4) is 0 Å². The Hall–Kier alpha value is -1.93. The highest BCUT2D eigenvalue weighted by atomic mass is 32.2. The van der Waals surface area contributed by atoms with E-state index in [1.165, 1.54) is 18.6 Å². The summed E-state index contributed by atoms with van der Waals surface area (Å²) in [4.78, 5) is 24.1. The molecule has 1 aliphatic carbocycles. The predicted molar refractivity (Wildman–Crippen MR) is 94.0 cm³/mol. The highest BCUT2D eigenvalue weighted by molar-refractivity contribution is 7.89. The van der Waals surface area contributed by atoms with Gasteiger partial charge in [-0.05, 0) is 37.5 Å². The maximum atomic E-state index is 12.0. The number of rotatable bonds is 6. The van der Waals surface area contributed by atoms with Gasteiger partial charge in [-0.15, -0.1) is 0 Å². The molecule has 1 atom stereocenters. The van der Waals surface area contributed by atoms with Crippen LogP contribution in [0.1, 0.15) is 50.6 Å². The fourth-order valence-corrected chi connectivity index (χ4v) is 3.51. The number of nitrogens with one attached hydrogen (secondary N) is 2. The first-order valence-electron chi connectivity index (χ1n) is 8.47. The molecule has 2 rings (SSSR count). The van der Waals surface area contributed by atoms with Crippen molar-refractivity contribution in [2.24, 2.45) is 11.1 Å². The molecule has 7 nitrogen and oxygen atoms in total. The number of primary sulfonamides is 1. The number of hydrogen-bond acceptors (Lipinski definition) is 4. The van der Waals surface area contributed by atoms with Crippen molar-refractivity contribution in [1.29, 1.82) is 0 Å². The molecule has 138 valence electrons. The van der Waals surface area contributed by atoms with E-state index in [9.17, 15) is 18.0 Å². The summed E-state index contributed by atoms with van der Waals surface area (Å²) in [6.45, 7) is 1.72. The lowest BCUT2D eigenvalue weighted by Gasteiger charge is -2.21. The molecule has 0 aliphatic heterocycles. The molecule has 0 spiro atoms. The second kappa shape index (κ2) is 8.44. The maximum Gasteiger partial charge on any atom is 0.239 e. The first kappa shape index (κ1) is 19.4. The van der Waals surface area contributed by atoms with Crippen LogP contribution in [0.5, 0.6) is 0 Å². The summed E-state index contributed by atoms with van der Waals surface area (Å²) < 4.78 is 22.5. The zero-order valence-corrected chi connectivity index (χ0v) is 15.1. The van der Waals surface area contributed by atoms with Crippen LogP contribution in [0.2, 0.25) is 0 Å². The minimum atomic E-state index is -3.73. The van der Waals surface area contributed by atoms with E-state index in [4.69, 9.17) is 5.14 Å². The van der Waals surface area contributed by atoms with Gasteiger partial charge in [0, 0.05) is 5.92 Å². The van der Waals surface area contributed by atoms with Crippen molar-refractivity contribution in [3.8, 4) is 0 Å². The number of carbonyl (C=O) groups is 2. The summed E-state index contributed by atoms with van der Waals surface area (Å²) in [6, 6.07) is 5.70. The molecule has 1 aromatic rings.